The van der Waals surface area contributed by atoms with Crippen LogP contribution in [0.15, 0.2) is 4.52 Å². The van der Waals surface area contributed by atoms with Crippen molar-refractivity contribution in [2.45, 2.75) is 38.5 Å². The molecule has 1 aromatic rings. The van der Waals surface area contributed by atoms with Gasteiger partial charge in [-0.1, -0.05) is 18.0 Å². The summed E-state index contributed by atoms with van der Waals surface area (Å²) in [6, 6.07) is 0. The molecule has 1 aromatic heterocycles. The first-order chi connectivity index (χ1) is 7.30. The Labute approximate surface area is 89.4 Å². The summed E-state index contributed by atoms with van der Waals surface area (Å²) < 4.78 is 5.09. The summed E-state index contributed by atoms with van der Waals surface area (Å²) in [5, 5.41) is 7.58. The minimum Gasteiger partial charge on any atom is -0.340 e. The predicted molar refractivity (Wildman–Crippen MR) is 55.5 cm³/mol. The van der Waals surface area contributed by atoms with Gasteiger partial charge in [0, 0.05) is 25.9 Å². The quantitative estimate of drug-likeness (QED) is 0.760. The minimum atomic E-state index is 0.427. The first-order valence-electron chi connectivity index (χ1n) is 5.81. The number of nitrogens with zero attached hydrogens (tertiary/aromatic N) is 2. The number of hydrogen-bond acceptors (Lipinski definition) is 4. The maximum atomic E-state index is 5.09. The van der Waals surface area contributed by atoms with Crippen LogP contribution in [0.4, 0.5) is 0 Å². The molecule has 1 N–H and O–H groups in total. The molecule has 1 aliphatic heterocycles. The number of aryl methyl sites for hydroxylation is 1. The Kier molecular flexibility index (Phi) is 2.06. The molecule has 1 aliphatic carbocycles. The molecule has 0 bridgehead atoms. The molecule has 4 nitrogen and oxygen atoms in total. The van der Waals surface area contributed by atoms with Gasteiger partial charge in [0.15, 0.2) is 5.82 Å². The van der Waals surface area contributed by atoms with E-state index < -0.39 is 0 Å². The van der Waals surface area contributed by atoms with Crippen LogP contribution in [0.1, 0.15) is 43.3 Å². The molecule has 2 heterocycles. The fraction of sp³-hybridized carbons (Fsp3) is 0.818. The summed E-state index contributed by atoms with van der Waals surface area (Å²) >= 11 is 0. The van der Waals surface area contributed by atoms with Crippen LogP contribution in [0, 0.1) is 12.3 Å². The third kappa shape index (κ3) is 1.39. The Balaban J connectivity index is 1.91. The molecule has 4 heteroatoms. The summed E-state index contributed by atoms with van der Waals surface area (Å²) in [7, 11) is 0. The first kappa shape index (κ1) is 9.33. The topological polar surface area (TPSA) is 51.0 Å². The third-order valence-corrected chi connectivity index (χ3v) is 4.02. The Morgan fingerprint density at radius 2 is 2.20 bits per heavy atom. The number of rotatable bonds is 1. The lowest BCUT2D eigenvalue weighted by Gasteiger charge is -2.27. The summed E-state index contributed by atoms with van der Waals surface area (Å²) in [6.07, 6.45) is 5.35. The normalized spacial score (nSPS) is 29.0. The van der Waals surface area contributed by atoms with E-state index in [9.17, 15) is 0 Å². The Hall–Kier alpha value is -0.900. The third-order valence-electron chi connectivity index (χ3n) is 4.02. The van der Waals surface area contributed by atoms with Crippen molar-refractivity contribution in [3.05, 3.63) is 11.7 Å². The Bertz CT molecular complexity index is 349. The molecule has 82 valence electrons. The average Bonchev–Trinajstić information content (AvgIpc) is 2.90. The second-order valence-corrected chi connectivity index (χ2v) is 4.92. The zero-order valence-electron chi connectivity index (χ0n) is 9.12. The highest BCUT2D eigenvalue weighted by atomic mass is 16.5. The fourth-order valence-electron chi connectivity index (χ4n) is 3.23. The molecular formula is C11H17N3O. The lowest BCUT2D eigenvalue weighted by atomic mass is 9.76. The van der Waals surface area contributed by atoms with Gasteiger partial charge < -0.3 is 9.84 Å². The van der Waals surface area contributed by atoms with Crippen LogP contribution < -0.4 is 5.32 Å². The van der Waals surface area contributed by atoms with Crippen LogP contribution >= 0.6 is 0 Å². The van der Waals surface area contributed by atoms with Crippen LogP contribution in [0.25, 0.3) is 0 Å². The van der Waals surface area contributed by atoms with Crippen molar-refractivity contribution in [2.75, 3.05) is 13.1 Å². The van der Waals surface area contributed by atoms with E-state index in [2.05, 4.69) is 15.5 Å². The average molecular weight is 207 g/mol. The number of aromatic nitrogens is 2. The highest BCUT2D eigenvalue weighted by molar-refractivity contribution is 5.11. The summed E-state index contributed by atoms with van der Waals surface area (Å²) in [4.78, 5) is 4.39. The molecule has 15 heavy (non-hydrogen) atoms. The maximum Gasteiger partial charge on any atom is 0.223 e. The van der Waals surface area contributed by atoms with E-state index in [-0.39, 0.29) is 0 Å². The van der Waals surface area contributed by atoms with Crippen molar-refractivity contribution in [3.8, 4) is 0 Å². The van der Waals surface area contributed by atoms with Crippen molar-refractivity contribution in [1.82, 2.24) is 15.5 Å². The maximum absolute atomic E-state index is 5.09. The second-order valence-electron chi connectivity index (χ2n) is 4.92. The van der Waals surface area contributed by atoms with Crippen LogP contribution in [0.5, 0.6) is 0 Å². The lowest BCUT2D eigenvalue weighted by Crippen LogP contribution is -2.25. The van der Waals surface area contributed by atoms with Crippen molar-refractivity contribution in [1.29, 1.82) is 0 Å². The van der Waals surface area contributed by atoms with Gasteiger partial charge in [-0.05, 0) is 18.3 Å². The molecule has 1 saturated carbocycles. The molecule has 2 aliphatic rings. The van der Waals surface area contributed by atoms with E-state index in [0.717, 1.165) is 18.9 Å². The number of hydrogen-bond donors (Lipinski definition) is 1. The van der Waals surface area contributed by atoms with Crippen LogP contribution in [0.3, 0.4) is 0 Å². The van der Waals surface area contributed by atoms with Gasteiger partial charge in [-0.25, -0.2) is 0 Å². The van der Waals surface area contributed by atoms with Gasteiger partial charge >= 0.3 is 0 Å². The zero-order chi connectivity index (χ0) is 10.3. The van der Waals surface area contributed by atoms with E-state index >= 15 is 0 Å². The molecule has 0 aromatic carbocycles. The predicted octanol–water partition coefficient (Wildman–Crippen LogP) is 1.63. The van der Waals surface area contributed by atoms with E-state index in [4.69, 9.17) is 4.52 Å². The van der Waals surface area contributed by atoms with Gasteiger partial charge in [-0.15, -0.1) is 0 Å². The minimum absolute atomic E-state index is 0.427. The van der Waals surface area contributed by atoms with E-state index in [1.807, 2.05) is 6.92 Å². The Morgan fingerprint density at radius 1 is 1.40 bits per heavy atom. The van der Waals surface area contributed by atoms with Crippen LogP contribution in [-0.2, 0) is 0 Å². The summed E-state index contributed by atoms with van der Waals surface area (Å²) in [5.41, 5.74) is 0.427. The van der Waals surface area contributed by atoms with E-state index in [1.165, 1.54) is 25.7 Å². The molecule has 1 spiro atoms. The zero-order valence-corrected chi connectivity index (χ0v) is 9.12. The molecule has 2 fully saturated rings. The van der Waals surface area contributed by atoms with Crippen molar-refractivity contribution in [3.63, 3.8) is 0 Å². The summed E-state index contributed by atoms with van der Waals surface area (Å²) in [6.45, 7) is 4.00. The van der Waals surface area contributed by atoms with Crippen LogP contribution in [0.2, 0.25) is 0 Å². The molecule has 0 unspecified atom stereocenters. The standard InChI is InChI=1S/C11H17N3O/c1-8-13-10(14-15-8)9-6-12-7-11(9)4-2-3-5-11/h9,12H,2-7H2,1H3/t9-/m0/s1. The SMILES string of the molecule is Cc1nc([C@@H]2CNCC23CCCC3)no1. The first-order valence-corrected chi connectivity index (χ1v) is 5.81. The van der Waals surface area contributed by atoms with Crippen molar-refractivity contribution < 1.29 is 4.52 Å². The fourth-order valence-corrected chi connectivity index (χ4v) is 3.23. The van der Waals surface area contributed by atoms with Gasteiger partial charge in [-0.3, -0.25) is 0 Å². The highest BCUT2D eigenvalue weighted by Gasteiger charge is 2.47. The molecule has 1 atom stereocenters. The molecule has 3 rings (SSSR count). The lowest BCUT2D eigenvalue weighted by molar-refractivity contribution is 0.279. The van der Waals surface area contributed by atoms with Gasteiger partial charge in [0.25, 0.3) is 0 Å². The number of nitrogens with one attached hydrogen (secondary N) is 1. The van der Waals surface area contributed by atoms with Gasteiger partial charge in [0.2, 0.25) is 5.89 Å². The van der Waals surface area contributed by atoms with Crippen LogP contribution in [-0.4, -0.2) is 23.2 Å². The molecule has 0 radical (unpaired) electrons. The largest absolute Gasteiger partial charge is 0.340 e. The molecule has 1 saturated heterocycles. The van der Waals surface area contributed by atoms with Crippen molar-refractivity contribution in [2.24, 2.45) is 5.41 Å². The van der Waals surface area contributed by atoms with Crippen molar-refractivity contribution >= 4 is 0 Å². The second kappa shape index (κ2) is 3.30. The summed E-state index contributed by atoms with van der Waals surface area (Å²) in [5.74, 6) is 2.07. The van der Waals surface area contributed by atoms with E-state index in [1.54, 1.807) is 0 Å². The highest BCUT2D eigenvalue weighted by Crippen LogP contribution is 2.50. The molecular weight excluding hydrogens is 190 g/mol. The van der Waals surface area contributed by atoms with Gasteiger partial charge in [-0.2, -0.15) is 4.98 Å². The van der Waals surface area contributed by atoms with Gasteiger partial charge in [0.05, 0.1) is 0 Å². The monoisotopic (exact) mass is 207 g/mol. The van der Waals surface area contributed by atoms with E-state index in [0.29, 0.717) is 17.2 Å². The van der Waals surface area contributed by atoms with Gasteiger partial charge in [0.1, 0.15) is 0 Å². The Morgan fingerprint density at radius 3 is 2.87 bits per heavy atom. The smallest absolute Gasteiger partial charge is 0.223 e. The molecule has 0 amide bonds.